The van der Waals surface area contributed by atoms with E-state index in [9.17, 15) is 14.0 Å². The standard InChI is InChI=1S/C20H22ClFN2O2/c1-3-23-20(26)14(2)24(13-16-6-4-5-7-18(16)22)19(25)12-15-8-10-17(21)11-9-15/h4-11,14H,3,12-13H2,1-2H3,(H,23,26)/t14-/m0/s1. The molecule has 6 heteroatoms. The first-order valence-corrected chi connectivity index (χ1v) is 8.85. The molecule has 0 aromatic heterocycles. The SMILES string of the molecule is CCNC(=O)[C@H](C)N(Cc1ccccc1F)C(=O)Cc1ccc(Cl)cc1. The Morgan fingerprint density at radius 1 is 1.15 bits per heavy atom. The van der Waals surface area contributed by atoms with Crippen LogP contribution in [0, 0.1) is 5.82 Å². The quantitative estimate of drug-likeness (QED) is 0.803. The van der Waals surface area contributed by atoms with Crippen molar-refractivity contribution in [3.05, 3.63) is 70.5 Å². The van der Waals surface area contributed by atoms with Gasteiger partial charge in [0, 0.05) is 23.7 Å². The molecule has 0 bridgehead atoms. The summed E-state index contributed by atoms with van der Waals surface area (Å²) in [6, 6.07) is 12.5. The van der Waals surface area contributed by atoms with Crippen LogP contribution >= 0.6 is 11.6 Å². The van der Waals surface area contributed by atoms with Crippen LogP contribution in [0.5, 0.6) is 0 Å². The van der Waals surface area contributed by atoms with Crippen LogP contribution in [0.3, 0.4) is 0 Å². The lowest BCUT2D eigenvalue weighted by Gasteiger charge is -2.29. The summed E-state index contributed by atoms with van der Waals surface area (Å²) in [6.07, 6.45) is 0.107. The van der Waals surface area contributed by atoms with Gasteiger partial charge in [-0.05, 0) is 37.6 Å². The van der Waals surface area contributed by atoms with E-state index in [0.717, 1.165) is 5.56 Å². The number of rotatable bonds is 7. The first-order chi connectivity index (χ1) is 12.4. The molecule has 1 N–H and O–H groups in total. The Morgan fingerprint density at radius 2 is 1.81 bits per heavy atom. The van der Waals surface area contributed by atoms with E-state index in [2.05, 4.69) is 5.32 Å². The van der Waals surface area contributed by atoms with E-state index in [1.165, 1.54) is 11.0 Å². The van der Waals surface area contributed by atoms with Crippen LogP contribution in [0.4, 0.5) is 4.39 Å². The van der Waals surface area contributed by atoms with Crippen LogP contribution in [0.25, 0.3) is 0 Å². The molecule has 1 atom stereocenters. The van der Waals surface area contributed by atoms with Gasteiger partial charge in [0.15, 0.2) is 0 Å². The summed E-state index contributed by atoms with van der Waals surface area (Å²) in [5.74, 6) is -0.928. The van der Waals surface area contributed by atoms with Crippen molar-refractivity contribution < 1.29 is 14.0 Å². The van der Waals surface area contributed by atoms with Crippen LogP contribution < -0.4 is 5.32 Å². The van der Waals surface area contributed by atoms with E-state index in [1.807, 2.05) is 0 Å². The minimum Gasteiger partial charge on any atom is -0.355 e. The Morgan fingerprint density at radius 3 is 2.42 bits per heavy atom. The third kappa shape index (κ3) is 5.30. The average Bonchev–Trinajstić information content (AvgIpc) is 2.62. The third-order valence-electron chi connectivity index (χ3n) is 4.09. The highest BCUT2D eigenvalue weighted by atomic mass is 35.5. The predicted molar refractivity (Wildman–Crippen MR) is 100 cm³/mol. The molecule has 0 aliphatic heterocycles. The Kier molecular flexibility index (Phi) is 7.16. The highest BCUT2D eigenvalue weighted by Gasteiger charge is 2.26. The second-order valence-corrected chi connectivity index (χ2v) is 6.42. The highest BCUT2D eigenvalue weighted by Crippen LogP contribution is 2.16. The van der Waals surface area contributed by atoms with Crippen molar-refractivity contribution in [2.75, 3.05) is 6.54 Å². The predicted octanol–water partition coefficient (Wildman–Crippen LogP) is 3.58. The summed E-state index contributed by atoms with van der Waals surface area (Å²) < 4.78 is 14.0. The molecule has 2 rings (SSSR count). The molecule has 2 amide bonds. The fourth-order valence-electron chi connectivity index (χ4n) is 2.59. The van der Waals surface area contributed by atoms with Crippen LogP contribution in [0.2, 0.25) is 5.02 Å². The third-order valence-corrected chi connectivity index (χ3v) is 4.34. The summed E-state index contributed by atoms with van der Waals surface area (Å²) in [7, 11) is 0. The molecule has 26 heavy (non-hydrogen) atoms. The monoisotopic (exact) mass is 376 g/mol. The Bertz CT molecular complexity index is 765. The van der Waals surface area contributed by atoms with E-state index in [4.69, 9.17) is 11.6 Å². The highest BCUT2D eigenvalue weighted by molar-refractivity contribution is 6.30. The van der Waals surface area contributed by atoms with Crippen LogP contribution in [0.1, 0.15) is 25.0 Å². The minimum atomic E-state index is -0.714. The van der Waals surface area contributed by atoms with Crippen molar-refractivity contribution in [2.45, 2.75) is 32.9 Å². The van der Waals surface area contributed by atoms with Crippen molar-refractivity contribution >= 4 is 23.4 Å². The lowest BCUT2D eigenvalue weighted by Crippen LogP contribution is -2.48. The first kappa shape index (κ1) is 19.9. The van der Waals surface area contributed by atoms with Gasteiger partial charge in [0.2, 0.25) is 11.8 Å². The lowest BCUT2D eigenvalue weighted by molar-refractivity contribution is -0.140. The maximum absolute atomic E-state index is 14.0. The zero-order valence-electron chi connectivity index (χ0n) is 14.8. The molecule has 0 unspecified atom stereocenters. The van der Waals surface area contributed by atoms with Gasteiger partial charge in [-0.25, -0.2) is 4.39 Å². The molecule has 2 aromatic rings. The molecule has 0 saturated heterocycles. The Balaban J connectivity index is 2.23. The largest absolute Gasteiger partial charge is 0.355 e. The van der Waals surface area contributed by atoms with Crippen LogP contribution in [0.15, 0.2) is 48.5 Å². The van der Waals surface area contributed by atoms with Crippen molar-refractivity contribution in [3.63, 3.8) is 0 Å². The van der Waals surface area contributed by atoms with Gasteiger partial charge in [0.05, 0.1) is 6.42 Å². The topological polar surface area (TPSA) is 49.4 Å². The van der Waals surface area contributed by atoms with Gasteiger partial charge in [0.1, 0.15) is 11.9 Å². The number of carbonyl (C=O) groups excluding carboxylic acids is 2. The zero-order valence-corrected chi connectivity index (χ0v) is 15.6. The number of halogens is 2. The normalized spacial score (nSPS) is 11.7. The number of nitrogens with zero attached hydrogens (tertiary/aromatic N) is 1. The average molecular weight is 377 g/mol. The van der Waals surface area contributed by atoms with Crippen LogP contribution in [-0.2, 0) is 22.6 Å². The van der Waals surface area contributed by atoms with Gasteiger partial charge >= 0.3 is 0 Å². The fraction of sp³-hybridized carbons (Fsp3) is 0.300. The summed E-state index contributed by atoms with van der Waals surface area (Å²) in [5, 5.41) is 3.29. The maximum atomic E-state index is 14.0. The second-order valence-electron chi connectivity index (χ2n) is 5.99. The number of carbonyl (C=O) groups is 2. The molecule has 0 aliphatic carbocycles. The molecule has 0 radical (unpaired) electrons. The van der Waals surface area contributed by atoms with Gasteiger partial charge in [-0.1, -0.05) is 41.9 Å². The van der Waals surface area contributed by atoms with Gasteiger partial charge in [0.25, 0.3) is 0 Å². The van der Waals surface area contributed by atoms with Gasteiger partial charge in [-0.3, -0.25) is 9.59 Å². The molecule has 2 aromatic carbocycles. The minimum absolute atomic E-state index is 0.0252. The second kappa shape index (κ2) is 9.34. The Hall–Kier alpha value is -2.40. The lowest BCUT2D eigenvalue weighted by atomic mass is 10.1. The molecular formula is C20H22ClFN2O2. The molecule has 4 nitrogen and oxygen atoms in total. The molecule has 0 spiro atoms. The number of hydrogen-bond acceptors (Lipinski definition) is 2. The van der Waals surface area contributed by atoms with Crippen molar-refractivity contribution in [2.24, 2.45) is 0 Å². The van der Waals surface area contributed by atoms with Gasteiger partial charge in [-0.15, -0.1) is 0 Å². The van der Waals surface area contributed by atoms with Crippen molar-refractivity contribution in [1.82, 2.24) is 10.2 Å². The molecule has 0 fully saturated rings. The van der Waals surface area contributed by atoms with Gasteiger partial charge < -0.3 is 10.2 Å². The van der Waals surface area contributed by atoms with E-state index in [1.54, 1.807) is 56.3 Å². The summed E-state index contributed by atoms with van der Waals surface area (Å²) >= 11 is 5.87. The van der Waals surface area contributed by atoms with Crippen LogP contribution in [-0.4, -0.2) is 29.3 Å². The Labute approximate surface area is 158 Å². The molecular weight excluding hydrogens is 355 g/mol. The summed E-state index contributed by atoms with van der Waals surface area (Å²) in [4.78, 5) is 26.5. The van der Waals surface area contributed by atoms with Crippen molar-refractivity contribution in [3.8, 4) is 0 Å². The molecule has 0 aliphatic rings. The number of amides is 2. The number of nitrogens with one attached hydrogen (secondary N) is 1. The molecule has 0 heterocycles. The smallest absolute Gasteiger partial charge is 0.242 e. The van der Waals surface area contributed by atoms with E-state index < -0.39 is 11.9 Å². The fourth-order valence-corrected chi connectivity index (χ4v) is 2.72. The van der Waals surface area contributed by atoms with E-state index in [-0.39, 0.29) is 24.8 Å². The van der Waals surface area contributed by atoms with Gasteiger partial charge in [-0.2, -0.15) is 0 Å². The first-order valence-electron chi connectivity index (χ1n) is 8.47. The summed E-state index contributed by atoms with van der Waals surface area (Å²) in [5.41, 5.74) is 1.15. The van der Waals surface area contributed by atoms with Crippen molar-refractivity contribution in [1.29, 1.82) is 0 Å². The van der Waals surface area contributed by atoms with E-state index in [0.29, 0.717) is 17.1 Å². The molecule has 0 saturated carbocycles. The number of benzene rings is 2. The number of likely N-dealkylation sites (N-methyl/N-ethyl adjacent to an activating group) is 1. The maximum Gasteiger partial charge on any atom is 0.242 e. The zero-order chi connectivity index (χ0) is 19.1. The van der Waals surface area contributed by atoms with E-state index >= 15 is 0 Å². The molecule has 138 valence electrons. The number of hydrogen-bond donors (Lipinski definition) is 1. The summed E-state index contributed by atoms with van der Waals surface area (Å²) in [6.45, 7) is 3.94.